The number of rotatable bonds is 18. The van der Waals surface area contributed by atoms with Crippen LogP contribution in [0.1, 0.15) is 51.4 Å². The first-order valence-electron chi connectivity index (χ1n) is 17.6. The summed E-state index contributed by atoms with van der Waals surface area (Å²) in [4.78, 5) is 62.6. The van der Waals surface area contributed by atoms with E-state index in [0.717, 1.165) is 12.8 Å². The number of carboxylic acid groups (broad SMARTS) is 1. The van der Waals surface area contributed by atoms with Crippen molar-refractivity contribution >= 4 is 54.0 Å². The molecule has 2 aliphatic rings. The molecule has 0 saturated carbocycles. The molecule has 5 atom stereocenters. The number of carbonyl (C=O) groups excluding carboxylic acids is 4. The van der Waals surface area contributed by atoms with Crippen LogP contribution >= 0.6 is 24.4 Å². The van der Waals surface area contributed by atoms with E-state index in [4.69, 9.17) is 15.2 Å². The molecule has 17 heteroatoms. The summed E-state index contributed by atoms with van der Waals surface area (Å²) in [6.45, 7) is 0.0670. The third-order valence-corrected chi connectivity index (χ3v) is 9.99. The van der Waals surface area contributed by atoms with Crippen LogP contribution in [0.5, 0.6) is 11.5 Å². The number of benzene rings is 2. The van der Waals surface area contributed by atoms with E-state index in [1.165, 1.54) is 4.90 Å². The number of aliphatic carboxylic acids is 1. The molecule has 15 nitrogen and oxygen atoms in total. The van der Waals surface area contributed by atoms with Crippen molar-refractivity contribution in [2.24, 2.45) is 5.73 Å². The van der Waals surface area contributed by atoms with Crippen molar-refractivity contribution < 1.29 is 48.8 Å². The van der Waals surface area contributed by atoms with Crippen LogP contribution in [0.4, 0.5) is 0 Å². The Morgan fingerprint density at radius 3 is 2.08 bits per heavy atom. The van der Waals surface area contributed by atoms with E-state index in [2.05, 4.69) is 28.6 Å². The summed E-state index contributed by atoms with van der Waals surface area (Å²) in [5.74, 6) is -0.435. The van der Waals surface area contributed by atoms with Gasteiger partial charge >= 0.3 is 5.97 Å². The minimum Gasteiger partial charge on any atom is -0.484 e. The smallest absolute Gasteiger partial charge is 0.326 e. The van der Waals surface area contributed by atoms with Crippen LogP contribution in [0.3, 0.4) is 0 Å². The topological polar surface area (TPSA) is 230 Å². The Balaban J connectivity index is 0.000000285. The number of nitrogens with two attached hydrogens (primary N) is 1. The molecule has 0 spiro atoms. The number of thioether (sulfide) groups is 1. The number of nitrogens with zero attached hydrogens (tertiary/aromatic N) is 1. The van der Waals surface area contributed by atoms with Crippen LogP contribution in [0.25, 0.3) is 0 Å². The molecule has 2 aromatic rings. The Kier molecular flexibility index (Phi) is 19.3. The normalized spacial score (nSPS) is 19.3. The highest BCUT2D eigenvalue weighted by Gasteiger charge is 2.43. The van der Waals surface area contributed by atoms with E-state index in [1.807, 2.05) is 24.3 Å². The molecule has 2 fully saturated rings. The molecular weight excluding hydrogens is 727 g/mol. The molecule has 8 N–H and O–H groups in total. The van der Waals surface area contributed by atoms with Crippen LogP contribution in [-0.4, -0.2) is 117 Å². The first-order valence-corrected chi connectivity index (χ1v) is 19.3. The second-order valence-corrected chi connectivity index (χ2v) is 14.1. The Morgan fingerprint density at radius 2 is 1.51 bits per heavy atom. The quantitative estimate of drug-likeness (QED) is 0.0608. The number of nitrogens with one attached hydrogen (secondary N) is 3. The molecule has 0 aliphatic carbocycles. The standard InChI is InChI=1S/C18H29N3O5S.C18H22N2O5S/c19-10-5-4-8-15(18(24)25)21-17(23)14(9-11-27)20-16(22)12-26-13-6-2-1-3-7-13;21-15(11-25-12-5-2-1-3-6-12)19-13-9-10-26-16-8-4-7-14(18(23)24)20(16)17(13)22/h1-3,6-7,14-15,18,24-25,27H,4-5,8-12,19H2,(H,20,22)(H,21,23);1-3,5-6,13-14,16H,4,7-11H2,(H,19,21)(H,23,24). The SMILES string of the molecule is NCCCCC(NC(=O)C(CCS)NC(=O)COc1ccccc1)C(O)O.O=C(COc1ccccc1)NC1CCSC2CCCC(C(=O)O)N2C1=O. The lowest BCUT2D eigenvalue weighted by Gasteiger charge is -2.39. The summed E-state index contributed by atoms with van der Waals surface area (Å²) in [5.41, 5.74) is 5.43. The maximum Gasteiger partial charge on any atom is 0.326 e. The Labute approximate surface area is 319 Å². The minimum absolute atomic E-state index is 0.125. The molecule has 2 heterocycles. The van der Waals surface area contributed by atoms with E-state index in [0.29, 0.717) is 68.1 Å². The van der Waals surface area contributed by atoms with Crippen molar-refractivity contribution in [3.63, 3.8) is 0 Å². The van der Waals surface area contributed by atoms with Gasteiger partial charge in [0.1, 0.15) is 29.6 Å². The largest absolute Gasteiger partial charge is 0.484 e. The number of para-hydroxylation sites is 2. The maximum atomic E-state index is 12.9. The van der Waals surface area contributed by atoms with Crippen molar-refractivity contribution in [1.29, 1.82) is 0 Å². The van der Waals surface area contributed by atoms with Gasteiger partial charge in [0, 0.05) is 0 Å². The Bertz CT molecular complexity index is 1440. The molecule has 2 aliphatic heterocycles. The Morgan fingerprint density at radius 1 is 0.887 bits per heavy atom. The lowest BCUT2D eigenvalue weighted by molar-refractivity contribution is -0.154. The van der Waals surface area contributed by atoms with Gasteiger partial charge < -0.3 is 51.4 Å². The Hall–Kier alpha value is -4.03. The molecule has 5 unspecified atom stereocenters. The predicted octanol–water partition coefficient (Wildman–Crippen LogP) is 1.27. The van der Waals surface area contributed by atoms with Gasteiger partial charge in [-0.3, -0.25) is 19.2 Å². The van der Waals surface area contributed by atoms with Gasteiger partial charge in [-0.05, 0) is 93.7 Å². The molecule has 0 bridgehead atoms. The predicted molar refractivity (Wildman–Crippen MR) is 202 cm³/mol. The first-order chi connectivity index (χ1) is 25.5. The number of aliphatic hydroxyl groups excluding tert-OH is 1. The monoisotopic (exact) mass is 777 g/mol. The summed E-state index contributed by atoms with van der Waals surface area (Å²) in [5, 5.41) is 36.1. The number of hydrogen-bond acceptors (Lipinski definition) is 12. The molecule has 4 amide bonds. The van der Waals surface area contributed by atoms with Gasteiger partial charge in [0.25, 0.3) is 11.8 Å². The zero-order valence-electron chi connectivity index (χ0n) is 29.5. The molecule has 0 aromatic heterocycles. The first kappa shape index (κ1) is 43.4. The van der Waals surface area contributed by atoms with Crippen LogP contribution < -0.4 is 31.2 Å². The lowest BCUT2D eigenvalue weighted by Crippen LogP contribution is -2.57. The third kappa shape index (κ3) is 15.1. The van der Waals surface area contributed by atoms with Crippen molar-refractivity contribution in [1.82, 2.24) is 20.9 Å². The summed E-state index contributed by atoms with van der Waals surface area (Å²) >= 11 is 5.70. The number of hydrogen-bond donors (Lipinski definition) is 8. The minimum atomic E-state index is -1.69. The lowest BCUT2D eigenvalue weighted by atomic mass is 10.0. The highest BCUT2D eigenvalue weighted by molar-refractivity contribution is 7.99. The van der Waals surface area contributed by atoms with Crippen molar-refractivity contribution in [3.05, 3.63) is 60.7 Å². The molecule has 2 saturated heterocycles. The fourth-order valence-electron chi connectivity index (χ4n) is 5.71. The molecule has 0 radical (unpaired) electrons. The van der Waals surface area contributed by atoms with E-state index in [9.17, 15) is 39.3 Å². The van der Waals surface area contributed by atoms with Gasteiger partial charge in [-0.15, -0.1) is 11.8 Å². The highest BCUT2D eigenvalue weighted by atomic mass is 32.2. The molecule has 292 valence electrons. The maximum absolute atomic E-state index is 12.9. The number of carbonyl (C=O) groups is 5. The van der Waals surface area contributed by atoms with Gasteiger partial charge in [-0.25, -0.2) is 4.79 Å². The van der Waals surface area contributed by atoms with Crippen LogP contribution in [0.15, 0.2) is 60.7 Å². The number of unbranched alkanes of at least 4 members (excludes halogenated alkanes) is 1. The van der Waals surface area contributed by atoms with E-state index < -0.39 is 48.2 Å². The average Bonchev–Trinajstić information content (AvgIpc) is 3.31. The van der Waals surface area contributed by atoms with Gasteiger partial charge in [0.05, 0.1) is 11.4 Å². The van der Waals surface area contributed by atoms with E-state index in [-0.39, 0.29) is 30.4 Å². The number of amides is 4. The van der Waals surface area contributed by atoms with Gasteiger partial charge in [-0.2, -0.15) is 12.6 Å². The van der Waals surface area contributed by atoms with E-state index >= 15 is 0 Å². The number of piperidine rings is 1. The highest BCUT2D eigenvalue weighted by Crippen LogP contribution is 2.34. The number of thiol groups is 1. The fraction of sp³-hybridized carbons (Fsp3) is 0.528. The molecule has 4 rings (SSSR count). The van der Waals surface area contributed by atoms with Crippen LogP contribution in [-0.2, 0) is 24.0 Å². The zero-order chi connectivity index (χ0) is 38.6. The number of fused-ring (bicyclic) bond motifs is 1. The van der Waals surface area contributed by atoms with Gasteiger partial charge in [0.15, 0.2) is 19.5 Å². The van der Waals surface area contributed by atoms with Crippen molar-refractivity contribution in [3.8, 4) is 11.5 Å². The molecule has 2 aromatic carbocycles. The number of ether oxygens (including phenoxy) is 2. The molecular formula is C36H51N5O10S2. The molecule has 53 heavy (non-hydrogen) atoms. The fourth-order valence-corrected chi connectivity index (χ4v) is 7.36. The average molecular weight is 778 g/mol. The zero-order valence-corrected chi connectivity index (χ0v) is 31.2. The van der Waals surface area contributed by atoms with Gasteiger partial charge in [0.2, 0.25) is 11.8 Å². The number of carboxylic acids is 1. The second-order valence-electron chi connectivity index (χ2n) is 12.4. The van der Waals surface area contributed by atoms with Crippen LogP contribution in [0.2, 0.25) is 0 Å². The van der Waals surface area contributed by atoms with E-state index in [1.54, 1.807) is 48.2 Å². The van der Waals surface area contributed by atoms with Crippen LogP contribution in [0, 0.1) is 0 Å². The van der Waals surface area contributed by atoms with Gasteiger partial charge in [-0.1, -0.05) is 36.4 Å². The number of aliphatic hydroxyl groups is 2. The van der Waals surface area contributed by atoms with Crippen molar-refractivity contribution in [2.75, 3.05) is 31.3 Å². The summed E-state index contributed by atoms with van der Waals surface area (Å²) in [6, 6.07) is 14.6. The summed E-state index contributed by atoms with van der Waals surface area (Å²) < 4.78 is 10.8. The van der Waals surface area contributed by atoms with Crippen molar-refractivity contribution in [2.45, 2.75) is 87.2 Å². The summed E-state index contributed by atoms with van der Waals surface area (Å²) in [6.07, 6.45) is 2.86. The second kappa shape index (κ2) is 23.6. The third-order valence-electron chi connectivity index (χ3n) is 8.42. The summed E-state index contributed by atoms with van der Waals surface area (Å²) in [7, 11) is 0.